The number of pyridine rings is 1. The van der Waals surface area contributed by atoms with E-state index in [1.807, 2.05) is 6.92 Å². The summed E-state index contributed by atoms with van der Waals surface area (Å²) in [6, 6.07) is 7.17. The summed E-state index contributed by atoms with van der Waals surface area (Å²) in [7, 11) is 0. The molecule has 0 bridgehead atoms. The molecule has 4 rings (SSSR count). The Morgan fingerprint density at radius 3 is 2.67 bits per heavy atom. The van der Waals surface area contributed by atoms with Gasteiger partial charge in [-0.05, 0) is 36.8 Å². The molecule has 0 aliphatic carbocycles. The maximum atomic E-state index is 13.2. The van der Waals surface area contributed by atoms with Gasteiger partial charge in [0.1, 0.15) is 5.82 Å². The fourth-order valence-corrected chi connectivity index (χ4v) is 3.30. The number of hydrogen-bond donors (Lipinski definition) is 3. The predicted octanol–water partition coefficient (Wildman–Crippen LogP) is 2.87. The predicted molar refractivity (Wildman–Crippen MR) is 109 cm³/mol. The van der Waals surface area contributed by atoms with Crippen LogP contribution in [0.1, 0.15) is 45.8 Å². The number of nitrogens with one attached hydrogen (secondary N) is 2. The van der Waals surface area contributed by atoms with Crippen LogP contribution in [0.3, 0.4) is 0 Å². The molecular formula is C21H19FN6O2. The quantitative estimate of drug-likeness (QED) is 0.456. The zero-order valence-corrected chi connectivity index (χ0v) is 16.1. The SMILES string of the molecule is CCC(NC(=O)c1cncc2c1cnn2-c1ccc(F)cc1)c1cc(C(N)=O)c[nH]1. The van der Waals surface area contributed by atoms with Gasteiger partial charge in [0.25, 0.3) is 5.91 Å². The monoisotopic (exact) mass is 406 g/mol. The van der Waals surface area contributed by atoms with E-state index in [-0.39, 0.29) is 17.8 Å². The van der Waals surface area contributed by atoms with Crippen molar-refractivity contribution in [1.82, 2.24) is 25.1 Å². The maximum Gasteiger partial charge on any atom is 0.254 e. The highest BCUT2D eigenvalue weighted by Crippen LogP contribution is 2.23. The number of nitrogens with two attached hydrogens (primary N) is 1. The number of halogens is 1. The Morgan fingerprint density at radius 1 is 1.23 bits per heavy atom. The van der Waals surface area contributed by atoms with Crippen molar-refractivity contribution in [3.05, 3.63) is 77.8 Å². The van der Waals surface area contributed by atoms with Gasteiger partial charge in [-0.3, -0.25) is 14.6 Å². The Balaban J connectivity index is 1.64. The Kier molecular flexibility index (Phi) is 5.01. The van der Waals surface area contributed by atoms with Gasteiger partial charge in [-0.2, -0.15) is 5.10 Å². The molecule has 3 heterocycles. The lowest BCUT2D eigenvalue weighted by Gasteiger charge is -2.16. The molecule has 0 radical (unpaired) electrons. The van der Waals surface area contributed by atoms with Crippen LogP contribution in [0.2, 0.25) is 0 Å². The lowest BCUT2D eigenvalue weighted by molar-refractivity contribution is 0.0935. The molecule has 2 amide bonds. The molecule has 0 saturated carbocycles. The summed E-state index contributed by atoms with van der Waals surface area (Å²) in [5.41, 5.74) is 7.97. The van der Waals surface area contributed by atoms with E-state index in [1.54, 1.807) is 35.3 Å². The second-order valence-corrected chi connectivity index (χ2v) is 6.79. The first-order chi connectivity index (χ1) is 14.5. The van der Waals surface area contributed by atoms with Gasteiger partial charge in [0.05, 0.1) is 40.8 Å². The minimum absolute atomic E-state index is 0.325. The maximum absolute atomic E-state index is 13.2. The number of H-pyrrole nitrogens is 1. The minimum atomic E-state index is -0.541. The molecule has 0 spiro atoms. The van der Waals surface area contributed by atoms with Gasteiger partial charge in [0.2, 0.25) is 5.91 Å². The summed E-state index contributed by atoms with van der Waals surface area (Å²) in [4.78, 5) is 31.5. The van der Waals surface area contributed by atoms with Crippen molar-refractivity contribution in [1.29, 1.82) is 0 Å². The lowest BCUT2D eigenvalue weighted by atomic mass is 10.1. The summed E-state index contributed by atoms with van der Waals surface area (Å²) in [6.45, 7) is 1.92. The first-order valence-corrected chi connectivity index (χ1v) is 9.34. The molecule has 8 nitrogen and oxygen atoms in total. The fraction of sp³-hybridized carbons (Fsp3) is 0.143. The fourth-order valence-electron chi connectivity index (χ4n) is 3.30. The van der Waals surface area contributed by atoms with E-state index in [1.165, 1.54) is 24.5 Å². The summed E-state index contributed by atoms with van der Waals surface area (Å²) in [5.74, 6) is -1.21. The number of rotatable bonds is 6. The number of aromatic nitrogens is 4. The van der Waals surface area contributed by atoms with Crippen LogP contribution >= 0.6 is 0 Å². The molecule has 1 aromatic carbocycles. The minimum Gasteiger partial charge on any atom is -0.366 e. The van der Waals surface area contributed by atoms with Gasteiger partial charge in [-0.1, -0.05) is 6.92 Å². The van der Waals surface area contributed by atoms with Crippen LogP contribution in [0.25, 0.3) is 16.6 Å². The number of nitrogens with zero attached hydrogens (tertiary/aromatic N) is 3. The van der Waals surface area contributed by atoms with E-state index in [0.717, 1.165) is 0 Å². The van der Waals surface area contributed by atoms with Gasteiger partial charge in [-0.15, -0.1) is 0 Å². The normalized spacial score (nSPS) is 12.1. The molecular weight excluding hydrogens is 387 g/mol. The summed E-state index contributed by atoms with van der Waals surface area (Å²) < 4.78 is 14.8. The van der Waals surface area contributed by atoms with Gasteiger partial charge in [-0.25, -0.2) is 9.07 Å². The highest BCUT2D eigenvalue weighted by molar-refractivity contribution is 6.06. The topological polar surface area (TPSA) is 119 Å². The van der Waals surface area contributed by atoms with E-state index < -0.39 is 5.91 Å². The summed E-state index contributed by atoms with van der Waals surface area (Å²) in [5, 5.41) is 7.90. The number of benzene rings is 1. The zero-order valence-electron chi connectivity index (χ0n) is 16.1. The van der Waals surface area contributed by atoms with Crippen molar-refractivity contribution >= 4 is 22.7 Å². The Morgan fingerprint density at radius 2 is 2.00 bits per heavy atom. The van der Waals surface area contributed by atoms with E-state index in [2.05, 4.69) is 20.4 Å². The van der Waals surface area contributed by atoms with Crippen LogP contribution < -0.4 is 11.1 Å². The average Bonchev–Trinajstić information content (AvgIpc) is 3.40. The highest BCUT2D eigenvalue weighted by Gasteiger charge is 2.20. The second-order valence-electron chi connectivity index (χ2n) is 6.79. The highest BCUT2D eigenvalue weighted by atomic mass is 19.1. The van der Waals surface area contributed by atoms with Crippen molar-refractivity contribution in [3.63, 3.8) is 0 Å². The van der Waals surface area contributed by atoms with E-state index in [9.17, 15) is 14.0 Å². The summed E-state index contributed by atoms with van der Waals surface area (Å²) in [6.07, 6.45) is 6.77. The van der Waals surface area contributed by atoms with Gasteiger partial charge >= 0.3 is 0 Å². The summed E-state index contributed by atoms with van der Waals surface area (Å²) >= 11 is 0. The number of carbonyl (C=O) groups is 2. The number of amides is 2. The smallest absolute Gasteiger partial charge is 0.254 e. The lowest BCUT2D eigenvalue weighted by Crippen LogP contribution is -2.28. The van der Waals surface area contributed by atoms with E-state index >= 15 is 0 Å². The van der Waals surface area contributed by atoms with Crippen LogP contribution in [0, 0.1) is 5.82 Å². The molecule has 4 N–H and O–H groups in total. The Labute approximate surface area is 170 Å². The molecule has 0 aliphatic rings. The molecule has 0 fully saturated rings. The second kappa shape index (κ2) is 7.78. The average molecular weight is 406 g/mol. The molecule has 0 saturated heterocycles. The van der Waals surface area contributed by atoms with Gasteiger partial charge in [0.15, 0.2) is 0 Å². The Hall–Kier alpha value is -4.01. The van der Waals surface area contributed by atoms with Crippen molar-refractivity contribution in [2.24, 2.45) is 5.73 Å². The molecule has 1 unspecified atom stereocenters. The third kappa shape index (κ3) is 3.52. The first-order valence-electron chi connectivity index (χ1n) is 9.34. The van der Waals surface area contributed by atoms with Crippen LogP contribution in [-0.2, 0) is 0 Å². The van der Waals surface area contributed by atoms with E-state index in [0.29, 0.717) is 39.8 Å². The number of aromatic amines is 1. The molecule has 30 heavy (non-hydrogen) atoms. The third-order valence-corrected chi connectivity index (χ3v) is 4.89. The van der Waals surface area contributed by atoms with Crippen LogP contribution in [0.4, 0.5) is 4.39 Å². The molecule has 3 aromatic heterocycles. The molecule has 4 aromatic rings. The van der Waals surface area contributed by atoms with Crippen molar-refractivity contribution in [2.45, 2.75) is 19.4 Å². The molecule has 152 valence electrons. The number of hydrogen-bond acceptors (Lipinski definition) is 4. The van der Waals surface area contributed by atoms with Gasteiger partial charge < -0.3 is 16.0 Å². The van der Waals surface area contributed by atoms with Crippen LogP contribution in [-0.4, -0.2) is 31.6 Å². The third-order valence-electron chi connectivity index (χ3n) is 4.89. The number of primary amides is 1. The Bertz CT molecular complexity index is 1230. The molecule has 0 aliphatic heterocycles. The number of carbonyl (C=O) groups excluding carboxylic acids is 2. The van der Waals surface area contributed by atoms with Crippen LogP contribution in [0.15, 0.2) is 55.1 Å². The van der Waals surface area contributed by atoms with Crippen molar-refractivity contribution in [3.8, 4) is 5.69 Å². The first kappa shape index (κ1) is 19.3. The largest absolute Gasteiger partial charge is 0.366 e. The molecule has 1 atom stereocenters. The van der Waals surface area contributed by atoms with Crippen LogP contribution in [0.5, 0.6) is 0 Å². The number of fused-ring (bicyclic) bond motifs is 1. The van der Waals surface area contributed by atoms with Crippen molar-refractivity contribution < 1.29 is 14.0 Å². The molecule has 9 heteroatoms. The van der Waals surface area contributed by atoms with Crippen molar-refractivity contribution in [2.75, 3.05) is 0 Å². The standard InChI is InChI=1S/C21H19FN6O2/c1-2-17(18-7-12(8-25-18)20(23)29)27-21(30)16-9-24-11-19-15(16)10-26-28(19)14-5-3-13(22)4-6-14/h3-11,17,25H,2H2,1H3,(H2,23,29)(H,27,30). The van der Waals surface area contributed by atoms with E-state index in [4.69, 9.17) is 5.73 Å². The zero-order chi connectivity index (χ0) is 21.3. The van der Waals surface area contributed by atoms with Gasteiger partial charge in [0, 0.05) is 23.5 Å².